The van der Waals surface area contributed by atoms with Gasteiger partial charge in [0.15, 0.2) is 5.82 Å². The Hall–Kier alpha value is -1.43. The van der Waals surface area contributed by atoms with Crippen LogP contribution >= 0.6 is 0 Å². The summed E-state index contributed by atoms with van der Waals surface area (Å²) < 4.78 is 1.58. The van der Waals surface area contributed by atoms with E-state index < -0.39 is 0 Å². The van der Waals surface area contributed by atoms with Crippen LogP contribution in [0.1, 0.15) is 20.3 Å². The zero-order chi connectivity index (χ0) is 10.6. The van der Waals surface area contributed by atoms with Gasteiger partial charge < -0.3 is 10.4 Å². The highest BCUT2D eigenvalue weighted by Gasteiger charge is 2.02. The maximum absolute atomic E-state index is 10.7. The van der Waals surface area contributed by atoms with Gasteiger partial charge in [0.05, 0.1) is 12.3 Å². The number of rotatable bonds is 4. The van der Waals surface area contributed by atoms with E-state index in [9.17, 15) is 4.79 Å². The number of carbonyl (C=O) groups is 1. The Morgan fingerprint density at radius 1 is 1.79 bits per heavy atom. The number of aliphatic hydroxyl groups excluding tert-OH is 1. The summed E-state index contributed by atoms with van der Waals surface area (Å²) >= 11 is 0. The second kappa shape index (κ2) is 4.71. The minimum atomic E-state index is -0.358. The second-order valence-electron chi connectivity index (χ2n) is 3.19. The number of carbonyl (C=O) groups excluding carboxylic acids is 1. The van der Waals surface area contributed by atoms with Crippen molar-refractivity contribution in [1.29, 1.82) is 0 Å². The molecule has 2 N–H and O–H groups in total. The van der Waals surface area contributed by atoms with Gasteiger partial charge in [-0.15, -0.1) is 5.10 Å². The normalized spacial score (nSPS) is 12.5. The van der Waals surface area contributed by atoms with Crippen molar-refractivity contribution in [3.8, 4) is 0 Å². The first kappa shape index (κ1) is 10.6. The Morgan fingerprint density at radius 2 is 2.50 bits per heavy atom. The van der Waals surface area contributed by atoms with Gasteiger partial charge in [0.25, 0.3) is 0 Å². The predicted octanol–water partition coefficient (Wildman–Crippen LogP) is 0.00740. The van der Waals surface area contributed by atoms with Crippen molar-refractivity contribution in [1.82, 2.24) is 15.0 Å². The van der Waals surface area contributed by atoms with Gasteiger partial charge in [0.1, 0.15) is 0 Å². The fourth-order valence-electron chi connectivity index (χ4n) is 0.964. The van der Waals surface area contributed by atoms with Gasteiger partial charge in [-0.25, -0.2) is 0 Å². The molecule has 0 aliphatic rings. The average Bonchev–Trinajstić information content (AvgIpc) is 2.47. The summed E-state index contributed by atoms with van der Waals surface area (Å²) in [7, 11) is 0. The molecule has 6 heteroatoms. The van der Waals surface area contributed by atoms with Crippen LogP contribution in [0.4, 0.5) is 5.82 Å². The average molecular weight is 198 g/mol. The molecule has 0 fully saturated rings. The SMILES string of the molecule is CC(=O)Nc1cn(CCC(C)O)nn1. The minimum Gasteiger partial charge on any atom is -0.393 e. The van der Waals surface area contributed by atoms with Crippen molar-refractivity contribution in [3.05, 3.63) is 6.20 Å². The highest BCUT2D eigenvalue weighted by Crippen LogP contribution is 2.01. The van der Waals surface area contributed by atoms with Crippen LogP contribution in [-0.4, -0.2) is 32.1 Å². The van der Waals surface area contributed by atoms with E-state index in [-0.39, 0.29) is 12.0 Å². The second-order valence-corrected chi connectivity index (χ2v) is 3.19. The molecular formula is C8H14N4O2. The van der Waals surface area contributed by atoms with Crippen molar-refractivity contribution in [2.75, 3.05) is 5.32 Å². The van der Waals surface area contributed by atoms with Crippen LogP contribution < -0.4 is 5.32 Å². The van der Waals surface area contributed by atoms with Crippen LogP contribution in [0.25, 0.3) is 0 Å². The van der Waals surface area contributed by atoms with Gasteiger partial charge in [0.2, 0.25) is 5.91 Å². The number of aryl methyl sites for hydroxylation is 1. The molecule has 0 aliphatic carbocycles. The van der Waals surface area contributed by atoms with Gasteiger partial charge in [-0.3, -0.25) is 9.48 Å². The summed E-state index contributed by atoms with van der Waals surface area (Å²) in [5, 5.41) is 19.1. The number of aromatic nitrogens is 3. The summed E-state index contributed by atoms with van der Waals surface area (Å²) in [6, 6.07) is 0. The van der Waals surface area contributed by atoms with Crippen molar-refractivity contribution in [2.24, 2.45) is 0 Å². The lowest BCUT2D eigenvalue weighted by Crippen LogP contribution is -2.07. The first-order valence-corrected chi connectivity index (χ1v) is 4.43. The number of aliphatic hydroxyl groups is 1. The number of nitrogens with zero attached hydrogens (tertiary/aromatic N) is 3. The maximum atomic E-state index is 10.7. The largest absolute Gasteiger partial charge is 0.393 e. The van der Waals surface area contributed by atoms with Gasteiger partial charge in [-0.05, 0) is 13.3 Å². The lowest BCUT2D eigenvalue weighted by Gasteiger charge is -2.02. The van der Waals surface area contributed by atoms with Crippen molar-refractivity contribution < 1.29 is 9.90 Å². The Bertz CT molecular complexity index is 308. The molecule has 0 saturated heterocycles. The van der Waals surface area contributed by atoms with Crippen LogP contribution in [0.3, 0.4) is 0 Å². The van der Waals surface area contributed by atoms with E-state index in [1.165, 1.54) is 6.92 Å². The first-order chi connectivity index (χ1) is 6.58. The molecule has 0 spiro atoms. The lowest BCUT2D eigenvalue weighted by atomic mass is 10.3. The molecule has 0 aliphatic heterocycles. The Morgan fingerprint density at radius 3 is 3.07 bits per heavy atom. The highest BCUT2D eigenvalue weighted by atomic mass is 16.3. The molecule has 1 heterocycles. The number of nitrogens with one attached hydrogen (secondary N) is 1. The van der Waals surface area contributed by atoms with Crippen molar-refractivity contribution in [3.63, 3.8) is 0 Å². The van der Waals surface area contributed by atoms with E-state index in [4.69, 9.17) is 5.11 Å². The van der Waals surface area contributed by atoms with Crippen molar-refractivity contribution >= 4 is 11.7 Å². The van der Waals surface area contributed by atoms with E-state index in [1.54, 1.807) is 17.8 Å². The Kier molecular flexibility index (Phi) is 3.58. The van der Waals surface area contributed by atoms with Crippen LogP contribution in [0.15, 0.2) is 6.20 Å². The predicted molar refractivity (Wildman–Crippen MR) is 50.6 cm³/mol. The molecular weight excluding hydrogens is 184 g/mol. The van der Waals surface area contributed by atoms with Crippen LogP contribution in [-0.2, 0) is 11.3 Å². The number of hydrogen-bond acceptors (Lipinski definition) is 4. The van der Waals surface area contributed by atoms with E-state index in [2.05, 4.69) is 15.6 Å². The molecule has 1 amide bonds. The minimum absolute atomic E-state index is 0.174. The molecule has 0 saturated carbocycles. The lowest BCUT2D eigenvalue weighted by molar-refractivity contribution is -0.114. The first-order valence-electron chi connectivity index (χ1n) is 4.43. The summed E-state index contributed by atoms with van der Waals surface area (Å²) in [6.07, 6.45) is 1.88. The van der Waals surface area contributed by atoms with Crippen LogP contribution in [0, 0.1) is 0 Å². The third kappa shape index (κ3) is 3.53. The molecule has 1 rings (SSSR count). The molecule has 0 radical (unpaired) electrons. The monoisotopic (exact) mass is 198 g/mol. The molecule has 0 bridgehead atoms. The van der Waals surface area contributed by atoms with Crippen LogP contribution in [0.2, 0.25) is 0 Å². The number of amides is 1. The Balaban J connectivity index is 2.46. The fraction of sp³-hybridized carbons (Fsp3) is 0.625. The zero-order valence-corrected chi connectivity index (χ0v) is 8.27. The zero-order valence-electron chi connectivity index (χ0n) is 8.27. The quantitative estimate of drug-likeness (QED) is 0.714. The van der Waals surface area contributed by atoms with Gasteiger partial charge >= 0.3 is 0 Å². The molecule has 0 aromatic carbocycles. The third-order valence-electron chi connectivity index (χ3n) is 1.62. The van der Waals surface area contributed by atoms with E-state index in [0.29, 0.717) is 18.8 Å². The standard InChI is InChI=1S/C8H14N4O2/c1-6(13)3-4-12-5-8(10-11-12)9-7(2)14/h5-6,13H,3-4H2,1-2H3,(H,9,14). The number of hydrogen-bond donors (Lipinski definition) is 2. The van der Waals surface area contributed by atoms with E-state index >= 15 is 0 Å². The van der Waals surface area contributed by atoms with Crippen molar-refractivity contribution in [2.45, 2.75) is 32.9 Å². The van der Waals surface area contributed by atoms with Gasteiger partial charge in [0, 0.05) is 13.5 Å². The fourth-order valence-corrected chi connectivity index (χ4v) is 0.964. The highest BCUT2D eigenvalue weighted by molar-refractivity contribution is 5.87. The summed E-state index contributed by atoms with van der Waals surface area (Å²) in [5.74, 6) is 0.260. The summed E-state index contributed by atoms with van der Waals surface area (Å²) in [4.78, 5) is 10.7. The smallest absolute Gasteiger partial charge is 0.222 e. The topological polar surface area (TPSA) is 80.0 Å². The van der Waals surface area contributed by atoms with Gasteiger partial charge in [-0.1, -0.05) is 5.21 Å². The molecule has 1 atom stereocenters. The van der Waals surface area contributed by atoms with Crippen LogP contribution in [0.5, 0.6) is 0 Å². The summed E-state index contributed by atoms with van der Waals surface area (Å²) in [5.41, 5.74) is 0. The van der Waals surface area contributed by atoms with E-state index in [1.807, 2.05) is 0 Å². The molecule has 78 valence electrons. The Labute approximate surface area is 81.9 Å². The number of anilines is 1. The van der Waals surface area contributed by atoms with Gasteiger partial charge in [-0.2, -0.15) is 0 Å². The maximum Gasteiger partial charge on any atom is 0.222 e. The molecule has 1 aromatic rings. The molecule has 6 nitrogen and oxygen atoms in total. The van der Waals surface area contributed by atoms with E-state index in [0.717, 1.165) is 0 Å². The summed E-state index contributed by atoms with van der Waals surface area (Å²) in [6.45, 7) is 3.71. The molecule has 1 unspecified atom stereocenters. The molecule has 1 aromatic heterocycles. The molecule has 14 heavy (non-hydrogen) atoms. The third-order valence-corrected chi connectivity index (χ3v) is 1.62.